The van der Waals surface area contributed by atoms with Gasteiger partial charge in [0, 0.05) is 18.0 Å². The van der Waals surface area contributed by atoms with Gasteiger partial charge in [0.2, 0.25) is 5.91 Å². The van der Waals surface area contributed by atoms with Crippen LogP contribution in [0.2, 0.25) is 0 Å². The highest BCUT2D eigenvalue weighted by molar-refractivity contribution is 5.96. The topological polar surface area (TPSA) is 55.4 Å². The predicted octanol–water partition coefficient (Wildman–Crippen LogP) is 9.52. The lowest BCUT2D eigenvalue weighted by Gasteiger charge is -2.71. The summed E-state index contributed by atoms with van der Waals surface area (Å²) in [5, 5.41) is 3.41. The van der Waals surface area contributed by atoms with Crippen molar-refractivity contribution >= 4 is 17.6 Å². The first-order valence-electron chi connectivity index (χ1n) is 17.4. The van der Waals surface area contributed by atoms with E-state index in [1.807, 2.05) is 0 Å². The number of nitrogens with one attached hydrogen (secondary N) is 1. The predicted molar refractivity (Wildman–Crippen MR) is 174 cm³/mol. The zero-order valence-electron chi connectivity index (χ0n) is 28.4. The lowest BCUT2D eigenvalue weighted by atomic mass is 9.33. The number of benzene rings is 1. The molecule has 4 saturated carbocycles. The molecule has 6 rings (SSSR count). The first kappa shape index (κ1) is 30.9. The third-order valence-corrected chi connectivity index (χ3v) is 15.0. The standard InChI is InChI=1S/C39H57NO3/c1-24-10-12-28(13-11-24)40-34(42)39-21-16-25(2)26(3)33(39)29-14-15-31-36(7)19-18-32(43-27(4)41)35(5,6)30(36)17-20-38(31,9)37(29,8)22-23-39/h10-14,25-26,30-33H,15-23H2,1-9H3,(H,40,42). The molecule has 1 N–H and O–H groups in total. The largest absolute Gasteiger partial charge is 0.462 e. The van der Waals surface area contributed by atoms with E-state index in [1.165, 1.54) is 18.4 Å². The summed E-state index contributed by atoms with van der Waals surface area (Å²) in [5.74, 6) is 2.62. The summed E-state index contributed by atoms with van der Waals surface area (Å²) in [6.45, 7) is 21.1. The molecular weight excluding hydrogens is 530 g/mol. The average Bonchev–Trinajstić information content (AvgIpc) is 2.93. The molecule has 1 amide bonds. The lowest BCUT2D eigenvalue weighted by Crippen LogP contribution is -2.65. The number of amides is 1. The monoisotopic (exact) mass is 587 g/mol. The second-order valence-electron chi connectivity index (χ2n) is 17.1. The molecule has 10 unspecified atom stereocenters. The highest BCUT2D eigenvalue weighted by atomic mass is 16.5. The van der Waals surface area contributed by atoms with Gasteiger partial charge in [0.1, 0.15) is 6.10 Å². The molecule has 10 atom stereocenters. The summed E-state index contributed by atoms with van der Waals surface area (Å²) in [4.78, 5) is 26.5. The first-order chi connectivity index (χ1) is 20.1. The van der Waals surface area contributed by atoms with E-state index < -0.39 is 0 Å². The number of allylic oxidation sites excluding steroid dienone is 2. The van der Waals surface area contributed by atoms with Crippen LogP contribution in [0.5, 0.6) is 0 Å². The van der Waals surface area contributed by atoms with Crippen molar-refractivity contribution in [2.45, 2.75) is 126 Å². The van der Waals surface area contributed by atoms with Crippen molar-refractivity contribution in [1.82, 2.24) is 0 Å². The number of carbonyl (C=O) groups excluding carboxylic acids is 2. The zero-order valence-corrected chi connectivity index (χ0v) is 28.4. The summed E-state index contributed by atoms with van der Waals surface area (Å²) in [6.07, 6.45) is 12.4. The van der Waals surface area contributed by atoms with Crippen LogP contribution in [0, 0.1) is 63.6 Å². The molecule has 1 aromatic carbocycles. The maximum absolute atomic E-state index is 14.4. The molecule has 4 fully saturated rings. The van der Waals surface area contributed by atoms with Gasteiger partial charge in [0.25, 0.3) is 0 Å². The third kappa shape index (κ3) is 4.34. The van der Waals surface area contributed by atoms with Crippen LogP contribution in [0.4, 0.5) is 5.69 Å². The van der Waals surface area contributed by atoms with E-state index in [4.69, 9.17) is 4.74 Å². The molecular formula is C39H57NO3. The van der Waals surface area contributed by atoms with Gasteiger partial charge in [-0.05, 0) is 123 Å². The minimum absolute atomic E-state index is 0.00428. The van der Waals surface area contributed by atoms with Gasteiger partial charge in [0.05, 0.1) is 5.41 Å². The smallest absolute Gasteiger partial charge is 0.302 e. The summed E-state index contributed by atoms with van der Waals surface area (Å²) in [6, 6.07) is 8.31. The molecule has 0 spiro atoms. The molecule has 5 aliphatic rings. The van der Waals surface area contributed by atoms with E-state index in [9.17, 15) is 9.59 Å². The van der Waals surface area contributed by atoms with Gasteiger partial charge in [-0.25, -0.2) is 0 Å². The van der Waals surface area contributed by atoms with Crippen molar-refractivity contribution in [3.05, 3.63) is 41.5 Å². The minimum atomic E-state index is -0.337. The van der Waals surface area contributed by atoms with Gasteiger partial charge < -0.3 is 10.1 Å². The molecule has 0 saturated heterocycles. The second-order valence-corrected chi connectivity index (χ2v) is 17.1. The van der Waals surface area contributed by atoms with Crippen molar-refractivity contribution in [2.75, 3.05) is 5.32 Å². The Morgan fingerprint density at radius 2 is 1.56 bits per heavy atom. The Labute approximate surface area is 261 Å². The Bertz CT molecular complexity index is 1310. The maximum atomic E-state index is 14.4. The van der Waals surface area contributed by atoms with Crippen LogP contribution in [-0.4, -0.2) is 18.0 Å². The van der Waals surface area contributed by atoms with Crippen LogP contribution in [-0.2, 0) is 14.3 Å². The summed E-state index contributed by atoms with van der Waals surface area (Å²) in [5.41, 5.74) is 3.86. The van der Waals surface area contributed by atoms with Crippen LogP contribution >= 0.6 is 0 Å². The van der Waals surface area contributed by atoms with E-state index >= 15 is 0 Å². The lowest BCUT2D eigenvalue weighted by molar-refractivity contribution is -0.212. The van der Waals surface area contributed by atoms with Gasteiger partial charge in [-0.1, -0.05) is 77.8 Å². The van der Waals surface area contributed by atoms with E-state index in [1.54, 1.807) is 12.5 Å². The van der Waals surface area contributed by atoms with Crippen molar-refractivity contribution in [3.63, 3.8) is 0 Å². The number of hydrogen-bond acceptors (Lipinski definition) is 3. The Kier molecular flexibility index (Phi) is 7.34. The number of anilines is 1. The SMILES string of the molecule is CC(=O)OC1CCC2(C)C(CCC3(C)C2CC=C2C4C(C)C(C)CCC4(C(=O)Nc4ccc(C)cc4)CCC23C)C1(C)C. The number of carbonyl (C=O) groups is 2. The summed E-state index contributed by atoms with van der Waals surface area (Å²) < 4.78 is 5.94. The van der Waals surface area contributed by atoms with Crippen LogP contribution in [0.1, 0.15) is 119 Å². The molecule has 4 nitrogen and oxygen atoms in total. The Morgan fingerprint density at radius 1 is 0.860 bits per heavy atom. The molecule has 1 aromatic rings. The zero-order chi connectivity index (χ0) is 31.2. The number of aryl methyl sites for hydroxylation is 1. The molecule has 236 valence electrons. The van der Waals surface area contributed by atoms with Gasteiger partial charge in [-0.15, -0.1) is 0 Å². The molecule has 0 radical (unpaired) electrons. The van der Waals surface area contributed by atoms with Crippen LogP contribution in [0.3, 0.4) is 0 Å². The molecule has 4 heteroatoms. The van der Waals surface area contributed by atoms with Crippen molar-refractivity contribution in [2.24, 2.45) is 56.7 Å². The van der Waals surface area contributed by atoms with E-state index in [2.05, 4.69) is 91.0 Å². The second kappa shape index (κ2) is 10.2. The van der Waals surface area contributed by atoms with Crippen molar-refractivity contribution in [1.29, 1.82) is 0 Å². The Hall–Kier alpha value is -2.10. The highest BCUT2D eigenvalue weighted by Crippen LogP contribution is 2.76. The van der Waals surface area contributed by atoms with Gasteiger partial charge in [-0.3, -0.25) is 9.59 Å². The maximum Gasteiger partial charge on any atom is 0.302 e. The fourth-order valence-corrected chi connectivity index (χ4v) is 12.2. The summed E-state index contributed by atoms with van der Waals surface area (Å²) in [7, 11) is 0. The number of rotatable bonds is 3. The van der Waals surface area contributed by atoms with Crippen LogP contribution in [0.15, 0.2) is 35.9 Å². The van der Waals surface area contributed by atoms with E-state index in [0.717, 1.165) is 50.6 Å². The van der Waals surface area contributed by atoms with Gasteiger partial charge in [0.15, 0.2) is 0 Å². The fourth-order valence-electron chi connectivity index (χ4n) is 12.2. The molecule has 5 aliphatic carbocycles. The van der Waals surface area contributed by atoms with Crippen LogP contribution < -0.4 is 5.32 Å². The van der Waals surface area contributed by atoms with Crippen LogP contribution in [0.25, 0.3) is 0 Å². The minimum Gasteiger partial charge on any atom is -0.462 e. The first-order valence-corrected chi connectivity index (χ1v) is 17.4. The quantitative estimate of drug-likeness (QED) is 0.283. The van der Waals surface area contributed by atoms with Crippen molar-refractivity contribution < 1.29 is 14.3 Å². The van der Waals surface area contributed by atoms with Crippen molar-refractivity contribution in [3.8, 4) is 0 Å². The number of hydrogen-bond donors (Lipinski definition) is 1. The highest BCUT2D eigenvalue weighted by Gasteiger charge is 2.69. The number of esters is 1. The molecule has 0 heterocycles. The number of ether oxygens (including phenoxy) is 1. The molecule has 0 aliphatic heterocycles. The van der Waals surface area contributed by atoms with Gasteiger partial charge >= 0.3 is 5.97 Å². The Balaban J connectivity index is 1.37. The normalized spacial score (nSPS) is 44.9. The van der Waals surface area contributed by atoms with Gasteiger partial charge in [-0.2, -0.15) is 0 Å². The Morgan fingerprint density at radius 3 is 2.23 bits per heavy atom. The molecule has 0 aromatic heterocycles. The molecule has 43 heavy (non-hydrogen) atoms. The van der Waals surface area contributed by atoms with E-state index in [0.29, 0.717) is 29.6 Å². The number of fused-ring (bicyclic) bond motifs is 7. The average molecular weight is 588 g/mol. The fraction of sp³-hybridized carbons (Fsp3) is 0.744. The summed E-state index contributed by atoms with van der Waals surface area (Å²) >= 11 is 0. The van der Waals surface area contributed by atoms with E-state index in [-0.39, 0.29) is 45.1 Å². The molecule has 0 bridgehead atoms. The third-order valence-electron chi connectivity index (χ3n) is 15.0.